The molecule has 0 saturated heterocycles. The molecule has 0 aliphatic rings. The van der Waals surface area contributed by atoms with Crippen molar-refractivity contribution in [3.05, 3.63) is 39.9 Å². The summed E-state index contributed by atoms with van der Waals surface area (Å²) in [6, 6.07) is 4.30. The van der Waals surface area contributed by atoms with E-state index in [1.807, 2.05) is 0 Å². The third kappa shape index (κ3) is 4.53. The van der Waals surface area contributed by atoms with E-state index in [4.69, 9.17) is 0 Å². The van der Waals surface area contributed by atoms with Crippen molar-refractivity contribution in [2.45, 2.75) is 12.7 Å². The molecule has 0 atom stereocenters. The van der Waals surface area contributed by atoms with Crippen LogP contribution >= 0.6 is 22.7 Å². The van der Waals surface area contributed by atoms with Gasteiger partial charge in [0.25, 0.3) is 0 Å². The van der Waals surface area contributed by atoms with Gasteiger partial charge in [0.2, 0.25) is 0 Å². The van der Waals surface area contributed by atoms with Crippen LogP contribution < -0.4 is 5.32 Å². The number of carbonyl (C=O) groups is 1. The van der Waals surface area contributed by atoms with Gasteiger partial charge in [0.1, 0.15) is 6.54 Å². The highest BCUT2D eigenvalue weighted by Crippen LogP contribution is 2.21. The molecular formula is C12H11F3N2OS2. The lowest BCUT2D eigenvalue weighted by atomic mass is 10.3. The standard InChI is InChI=1S/C12H11F3N2OS2/c13-12(14,15)8-17(6-9-3-5-19-7-9)11(18)16-10-2-1-4-20-10/h1-5,7H,6,8H2,(H,16,18). The highest BCUT2D eigenvalue weighted by atomic mass is 32.1. The molecule has 20 heavy (non-hydrogen) atoms. The van der Waals surface area contributed by atoms with Crippen LogP contribution in [0.15, 0.2) is 34.3 Å². The lowest BCUT2D eigenvalue weighted by Gasteiger charge is -2.23. The van der Waals surface area contributed by atoms with Crippen LogP contribution in [0.5, 0.6) is 0 Å². The summed E-state index contributed by atoms with van der Waals surface area (Å²) in [5.41, 5.74) is 0.681. The summed E-state index contributed by atoms with van der Waals surface area (Å²) in [6.45, 7) is -1.35. The number of alkyl halides is 3. The van der Waals surface area contributed by atoms with Crippen molar-refractivity contribution in [2.75, 3.05) is 11.9 Å². The summed E-state index contributed by atoms with van der Waals surface area (Å²) in [4.78, 5) is 12.7. The second-order valence-electron chi connectivity index (χ2n) is 4.01. The molecule has 2 aromatic heterocycles. The van der Waals surface area contributed by atoms with E-state index in [1.54, 1.807) is 34.3 Å². The zero-order valence-electron chi connectivity index (χ0n) is 10.2. The normalized spacial score (nSPS) is 11.3. The molecule has 1 N–H and O–H groups in total. The topological polar surface area (TPSA) is 32.3 Å². The molecule has 2 aromatic rings. The predicted molar refractivity (Wildman–Crippen MR) is 74.1 cm³/mol. The van der Waals surface area contributed by atoms with Crippen molar-refractivity contribution in [1.29, 1.82) is 0 Å². The Morgan fingerprint density at radius 1 is 1.30 bits per heavy atom. The second-order valence-corrected chi connectivity index (χ2v) is 5.74. The summed E-state index contributed by atoms with van der Waals surface area (Å²) in [5.74, 6) is 0. The van der Waals surface area contributed by atoms with Gasteiger partial charge in [-0.3, -0.25) is 5.32 Å². The summed E-state index contributed by atoms with van der Waals surface area (Å²) in [7, 11) is 0. The molecule has 0 aliphatic heterocycles. The van der Waals surface area contributed by atoms with Crippen LogP contribution in [0.1, 0.15) is 5.56 Å². The first kappa shape index (κ1) is 14.9. The van der Waals surface area contributed by atoms with Gasteiger partial charge >= 0.3 is 12.2 Å². The number of amides is 2. The van der Waals surface area contributed by atoms with E-state index >= 15 is 0 Å². The number of carbonyl (C=O) groups excluding carboxylic acids is 1. The highest BCUT2D eigenvalue weighted by Gasteiger charge is 2.33. The van der Waals surface area contributed by atoms with Crippen LogP contribution in [-0.2, 0) is 6.54 Å². The zero-order valence-corrected chi connectivity index (χ0v) is 11.8. The minimum atomic E-state index is -4.43. The van der Waals surface area contributed by atoms with E-state index in [0.29, 0.717) is 10.6 Å². The van der Waals surface area contributed by atoms with Crippen molar-refractivity contribution in [3.63, 3.8) is 0 Å². The molecule has 2 rings (SSSR count). The van der Waals surface area contributed by atoms with E-state index in [-0.39, 0.29) is 6.54 Å². The van der Waals surface area contributed by atoms with Crippen LogP contribution in [0, 0.1) is 0 Å². The number of rotatable bonds is 4. The Morgan fingerprint density at radius 2 is 2.10 bits per heavy atom. The first-order chi connectivity index (χ1) is 9.44. The Kier molecular flexibility index (Phi) is 4.66. The number of anilines is 1. The number of urea groups is 1. The molecular weight excluding hydrogens is 309 g/mol. The molecule has 2 amide bonds. The van der Waals surface area contributed by atoms with Crippen molar-refractivity contribution in [1.82, 2.24) is 4.90 Å². The highest BCUT2D eigenvalue weighted by molar-refractivity contribution is 7.14. The Labute approximate surface area is 121 Å². The summed E-state index contributed by atoms with van der Waals surface area (Å²) in [6.07, 6.45) is -4.43. The average Bonchev–Trinajstić information content (AvgIpc) is 2.99. The molecule has 0 aromatic carbocycles. The molecule has 0 unspecified atom stereocenters. The average molecular weight is 320 g/mol. The van der Waals surface area contributed by atoms with Gasteiger partial charge in [0.15, 0.2) is 0 Å². The van der Waals surface area contributed by atoms with Crippen molar-refractivity contribution < 1.29 is 18.0 Å². The molecule has 8 heteroatoms. The number of halogens is 3. The lowest BCUT2D eigenvalue weighted by molar-refractivity contribution is -0.140. The summed E-state index contributed by atoms with van der Waals surface area (Å²) >= 11 is 2.64. The van der Waals surface area contributed by atoms with Crippen LogP contribution in [0.3, 0.4) is 0 Å². The molecule has 0 saturated carbocycles. The fraction of sp³-hybridized carbons (Fsp3) is 0.250. The Hall–Kier alpha value is -1.54. The number of nitrogens with zero attached hydrogens (tertiary/aromatic N) is 1. The van der Waals surface area contributed by atoms with Gasteiger partial charge in [0, 0.05) is 6.54 Å². The largest absolute Gasteiger partial charge is 0.406 e. The van der Waals surface area contributed by atoms with E-state index in [9.17, 15) is 18.0 Å². The number of hydrogen-bond acceptors (Lipinski definition) is 3. The van der Waals surface area contributed by atoms with E-state index < -0.39 is 18.8 Å². The first-order valence-corrected chi connectivity index (χ1v) is 7.43. The molecule has 3 nitrogen and oxygen atoms in total. The fourth-order valence-corrected chi connectivity index (χ4v) is 2.82. The van der Waals surface area contributed by atoms with E-state index in [1.165, 1.54) is 22.7 Å². The molecule has 0 bridgehead atoms. The van der Waals surface area contributed by atoms with Gasteiger partial charge in [-0.25, -0.2) is 4.79 Å². The Morgan fingerprint density at radius 3 is 2.65 bits per heavy atom. The monoisotopic (exact) mass is 320 g/mol. The van der Waals surface area contributed by atoms with Crippen LogP contribution in [0.4, 0.5) is 23.0 Å². The molecule has 0 fully saturated rings. The van der Waals surface area contributed by atoms with Crippen LogP contribution in [0.25, 0.3) is 0 Å². The minimum Gasteiger partial charge on any atom is -0.311 e. The minimum absolute atomic E-state index is 0.0692. The third-order valence-corrected chi connectivity index (χ3v) is 3.88. The fourth-order valence-electron chi connectivity index (χ4n) is 1.55. The van der Waals surface area contributed by atoms with Gasteiger partial charge < -0.3 is 4.90 Å². The van der Waals surface area contributed by atoms with Gasteiger partial charge in [-0.15, -0.1) is 11.3 Å². The maximum absolute atomic E-state index is 12.6. The van der Waals surface area contributed by atoms with Crippen molar-refractivity contribution >= 4 is 33.7 Å². The number of nitrogens with one attached hydrogen (secondary N) is 1. The van der Waals surface area contributed by atoms with Crippen LogP contribution in [0.2, 0.25) is 0 Å². The first-order valence-electron chi connectivity index (χ1n) is 5.61. The molecule has 108 valence electrons. The Balaban J connectivity index is 2.06. The maximum Gasteiger partial charge on any atom is 0.406 e. The second kappa shape index (κ2) is 6.27. The van der Waals surface area contributed by atoms with Crippen molar-refractivity contribution in [2.24, 2.45) is 0 Å². The molecule has 2 heterocycles. The van der Waals surface area contributed by atoms with E-state index in [2.05, 4.69) is 5.32 Å². The predicted octanol–water partition coefficient (Wildman–Crippen LogP) is 4.41. The Bertz CT molecular complexity index is 538. The quantitative estimate of drug-likeness (QED) is 0.889. The molecule has 0 aliphatic carbocycles. The van der Waals surface area contributed by atoms with Gasteiger partial charge in [0.05, 0.1) is 5.00 Å². The SMILES string of the molecule is O=C(Nc1cccs1)N(Cc1ccsc1)CC(F)(F)F. The lowest BCUT2D eigenvalue weighted by Crippen LogP contribution is -2.40. The van der Waals surface area contributed by atoms with E-state index in [0.717, 1.165) is 4.90 Å². The maximum atomic E-state index is 12.6. The molecule has 0 spiro atoms. The van der Waals surface area contributed by atoms with Crippen LogP contribution in [-0.4, -0.2) is 23.7 Å². The van der Waals surface area contributed by atoms with Gasteiger partial charge in [-0.2, -0.15) is 24.5 Å². The number of thiophene rings is 2. The van der Waals surface area contributed by atoms with Gasteiger partial charge in [-0.1, -0.05) is 0 Å². The molecule has 0 radical (unpaired) electrons. The smallest absolute Gasteiger partial charge is 0.311 e. The summed E-state index contributed by atoms with van der Waals surface area (Å²) < 4.78 is 37.7. The van der Waals surface area contributed by atoms with Crippen molar-refractivity contribution in [3.8, 4) is 0 Å². The number of hydrogen-bond donors (Lipinski definition) is 1. The summed E-state index contributed by atoms with van der Waals surface area (Å²) in [5, 5.41) is 8.21. The van der Waals surface area contributed by atoms with Gasteiger partial charge in [-0.05, 0) is 39.9 Å². The third-order valence-electron chi connectivity index (χ3n) is 2.36. The zero-order chi connectivity index (χ0) is 14.6.